The number of nitrogens with two attached hydrogens (primary N) is 1. The van der Waals surface area contributed by atoms with Gasteiger partial charge in [-0.15, -0.1) is 0 Å². The second-order valence-corrected chi connectivity index (χ2v) is 5.74. The number of aromatic nitrogens is 2. The van der Waals surface area contributed by atoms with Gasteiger partial charge in [-0.05, 0) is 12.8 Å². The Morgan fingerprint density at radius 3 is 3.16 bits per heavy atom. The zero-order chi connectivity index (χ0) is 13.3. The van der Waals surface area contributed by atoms with Crippen LogP contribution in [-0.2, 0) is 17.8 Å². The molecule has 3 rings (SSSR count). The van der Waals surface area contributed by atoms with Crippen molar-refractivity contribution in [3.05, 3.63) is 18.2 Å². The van der Waals surface area contributed by atoms with Crippen LogP contribution in [0.2, 0.25) is 0 Å². The molecule has 0 saturated heterocycles. The van der Waals surface area contributed by atoms with E-state index in [-0.39, 0.29) is 11.6 Å². The first kappa shape index (κ1) is 13.1. The largest absolute Gasteiger partial charge is 0.379 e. The highest BCUT2D eigenvalue weighted by Gasteiger charge is 2.45. The molecule has 0 bridgehead atoms. The Kier molecular flexibility index (Phi) is 3.60. The summed E-state index contributed by atoms with van der Waals surface area (Å²) < 4.78 is 8.01. The minimum Gasteiger partial charge on any atom is -0.379 e. The molecule has 1 saturated carbocycles. The van der Waals surface area contributed by atoms with Crippen LogP contribution >= 0.6 is 0 Å². The van der Waals surface area contributed by atoms with Crippen LogP contribution in [0.1, 0.15) is 31.5 Å². The quantitative estimate of drug-likeness (QED) is 0.884. The van der Waals surface area contributed by atoms with Gasteiger partial charge >= 0.3 is 0 Å². The van der Waals surface area contributed by atoms with E-state index in [2.05, 4.69) is 20.6 Å². The summed E-state index contributed by atoms with van der Waals surface area (Å²) in [6.45, 7) is 3.62. The maximum atomic E-state index is 6.18. The van der Waals surface area contributed by atoms with E-state index in [1.807, 2.05) is 13.3 Å². The van der Waals surface area contributed by atoms with E-state index in [9.17, 15) is 0 Å². The van der Waals surface area contributed by atoms with Crippen LogP contribution in [0, 0.1) is 0 Å². The van der Waals surface area contributed by atoms with Gasteiger partial charge in [-0.3, -0.25) is 4.90 Å². The van der Waals surface area contributed by atoms with Gasteiger partial charge in [0.25, 0.3) is 0 Å². The summed E-state index contributed by atoms with van der Waals surface area (Å²) in [5.41, 5.74) is 6.19. The van der Waals surface area contributed by atoms with Crippen LogP contribution in [0.3, 0.4) is 0 Å². The summed E-state index contributed by atoms with van der Waals surface area (Å²) in [7, 11) is 1.82. The smallest absolute Gasteiger partial charge is 0.122 e. The van der Waals surface area contributed by atoms with Gasteiger partial charge in [-0.2, -0.15) is 0 Å². The third-order valence-corrected chi connectivity index (χ3v) is 4.94. The van der Waals surface area contributed by atoms with Crippen molar-refractivity contribution in [1.29, 1.82) is 0 Å². The summed E-state index contributed by atoms with van der Waals surface area (Å²) >= 11 is 0. The van der Waals surface area contributed by atoms with Gasteiger partial charge in [0.1, 0.15) is 5.82 Å². The number of ether oxygens (including phenoxy) is 1. The second kappa shape index (κ2) is 5.23. The van der Waals surface area contributed by atoms with Crippen molar-refractivity contribution in [1.82, 2.24) is 14.5 Å². The van der Waals surface area contributed by atoms with E-state index in [4.69, 9.17) is 10.5 Å². The molecule has 1 aromatic heterocycles. The average Bonchev–Trinajstić information content (AvgIpc) is 2.94. The van der Waals surface area contributed by atoms with Crippen molar-refractivity contribution < 1.29 is 4.74 Å². The van der Waals surface area contributed by atoms with E-state index in [0.29, 0.717) is 6.54 Å². The van der Waals surface area contributed by atoms with E-state index < -0.39 is 0 Å². The molecule has 0 spiro atoms. The summed E-state index contributed by atoms with van der Waals surface area (Å²) in [6, 6.07) is 0. The molecule has 106 valence electrons. The lowest BCUT2D eigenvalue weighted by molar-refractivity contribution is -0.0853. The van der Waals surface area contributed by atoms with Gasteiger partial charge in [-0.25, -0.2) is 4.98 Å². The van der Waals surface area contributed by atoms with Gasteiger partial charge in [0, 0.05) is 39.1 Å². The second-order valence-electron chi connectivity index (χ2n) is 5.74. The lowest BCUT2D eigenvalue weighted by Gasteiger charge is -2.51. The van der Waals surface area contributed by atoms with Crippen LogP contribution in [0.25, 0.3) is 0 Å². The van der Waals surface area contributed by atoms with Gasteiger partial charge in [-0.1, -0.05) is 12.8 Å². The Balaban J connectivity index is 1.86. The number of rotatable bonds is 3. The fourth-order valence-corrected chi connectivity index (χ4v) is 3.81. The van der Waals surface area contributed by atoms with Crippen molar-refractivity contribution in [2.75, 3.05) is 20.2 Å². The first-order valence-corrected chi connectivity index (χ1v) is 7.28. The maximum Gasteiger partial charge on any atom is 0.122 e. The highest BCUT2D eigenvalue weighted by molar-refractivity contribution is 5.05. The van der Waals surface area contributed by atoms with E-state index in [1.54, 1.807) is 0 Å². The van der Waals surface area contributed by atoms with Crippen molar-refractivity contribution in [3.8, 4) is 0 Å². The highest BCUT2D eigenvalue weighted by atomic mass is 16.5. The molecule has 1 aliphatic carbocycles. The molecule has 0 aromatic carbocycles. The van der Waals surface area contributed by atoms with Crippen LogP contribution in [0.15, 0.2) is 12.4 Å². The Labute approximate surface area is 114 Å². The minimum atomic E-state index is 0.00417. The Hall–Kier alpha value is -0.910. The number of nitrogens with zero attached hydrogens (tertiary/aromatic N) is 3. The summed E-state index contributed by atoms with van der Waals surface area (Å²) in [4.78, 5) is 6.97. The fourth-order valence-electron chi connectivity index (χ4n) is 3.81. The first-order chi connectivity index (χ1) is 9.30. The molecule has 2 atom stereocenters. The number of hydrogen-bond donors (Lipinski definition) is 1. The summed E-state index contributed by atoms with van der Waals surface area (Å²) in [5.74, 6) is 1.15. The molecular weight excluding hydrogens is 240 g/mol. The zero-order valence-corrected chi connectivity index (χ0v) is 11.7. The third kappa shape index (κ3) is 2.10. The van der Waals surface area contributed by atoms with Crippen LogP contribution in [0.4, 0.5) is 0 Å². The molecule has 5 heteroatoms. The maximum absolute atomic E-state index is 6.18. The molecule has 1 aromatic rings. The zero-order valence-electron chi connectivity index (χ0n) is 11.7. The molecule has 2 unspecified atom stereocenters. The topological polar surface area (TPSA) is 56.3 Å². The number of imidazole rings is 1. The normalized spacial score (nSPS) is 32.2. The standard InChI is InChI=1S/C14H24N4O/c1-19-12-4-2-3-5-14(12,11-15)18-9-8-17-7-6-16-13(17)10-18/h6-7,12H,2-5,8-11,15H2,1H3. The van der Waals surface area contributed by atoms with Crippen molar-refractivity contribution >= 4 is 0 Å². The van der Waals surface area contributed by atoms with E-state index >= 15 is 0 Å². The Morgan fingerprint density at radius 1 is 1.47 bits per heavy atom. The predicted octanol–water partition coefficient (Wildman–Crippen LogP) is 0.985. The molecule has 2 N–H and O–H groups in total. The average molecular weight is 264 g/mol. The van der Waals surface area contributed by atoms with Crippen LogP contribution < -0.4 is 5.73 Å². The molecule has 0 amide bonds. The Bertz CT molecular complexity index is 433. The van der Waals surface area contributed by atoms with E-state index in [0.717, 1.165) is 38.3 Å². The molecule has 2 aliphatic rings. The van der Waals surface area contributed by atoms with Gasteiger partial charge in [0.05, 0.1) is 18.2 Å². The van der Waals surface area contributed by atoms with Crippen molar-refractivity contribution in [3.63, 3.8) is 0 Å². The fraction of sp³-hybridized carbons (Fsp3) is 0.786. The lowest BCUT2D eigenvalue weighted by atomic mass is 9.77. The summed E-state index contributed by atoms with van der Waals surface area (Å²) in [5, 5.41) is 0. The number of methoxy groups -OCH3 is 1. The van der Waals surface area contributed by atoms with Crippen LogP contribution in [-0.4, -0.2) is 46.3 Å². The monoisotopic (exact) mass is 264 g/mol. The number of fused-ring (bicyclic) bond motifs is 1. The molecule has 5 nitrogen and oxygen atoms in total. The minimum absolute atomic E-state index is 0.00417. The first-order valence-electron chi connectivity index (χ1n) is 7.28. The molecule has 2 heterocycles. The highest BCUT2D eigenvalue weighted by Crippen LogP contribution is 2.36. The van der Waals surface area contributed by atoms with Gasteiger partial charge < -0.3 is 15.0 Å². The molecule has 19 heavy (non-hydrogen) atoms. The van der Waals surface area contributed by atoms with Crippen LogP contribution in [0.5, 0.6) is 0 Å². The van der Waals surface area contributed by atoms with Crippen molar-refractivity contribution in [2.24, 2.45) is 5.73 Å². The predicted molar refractivity (Wildman–Crippen MR) is 73.7 cm³/mol. The molecule has 1 fully saturated rings. The number of hydrogen-bond acceptors (Lipinski definition) is 4. The summed E-state index contributed by atoms with van der Waals surface area (Å²) in [6.07, 6.45) is 8.98. The molecule has 1 aliphatic heterocycles. The lowest BCUT2D eigenvalue weighted by Crippen LogP contribution is -2.64. The Morgan fingerprint density at radius 2 is 2.37 bits per heavy atom. The van der Waals surface area contributed by atoms with Gasteiger partial charge in [0.15, 0.2) is 0 Å². The van der Waals surface area contributed by atoms with Crippen molar-refractivity contribution in [2.45, 2.75) is 50.4 Å². The molecular formula is C14H24N4O. The molecule has 0 radical (unpaired) electrons. The third-order valence-electron chi connectivity index (χ3n) is 4.94. The SMILES string of the molecule is COC1CCCCC1(CN)N1CCn2ccnc2C1. The van der Waals surface area contributed by atoms with E-state index in [1.165, 1.54) is 12.8 Å². The van der Waals surface area contributed by atoms with Gasteiger partial charge in [0.2, 0.25) is 0 Å².